The molecule has 4 nitrogen and oxygen atoms in total. The molecule has 0 spiro atoms. The summed E-state index contributed by atoms with van der Waals surface area (Å²) >= 11 is 0.919. The highest BCUT2D eigenvalue weighted by Gasteiger charge is 2.34. The fourth-order valence-corrected chi connectivity index (χ4v) is 1.82. The van der Waals surface area contributed by atoms with Crippen LogP contribution in [0.3, 0.4) is 0 Å². The van der Waals surface area contributed by atoms with E-state index in [-0.39, 0.29) is 17.2 Å². The monoisotopic (exact) mass is 310 g/mol. The summed E-state index contributed by atoms with van der Waals surface area (Å²) < 4.78 is 50.4. The molecule has 1 aromatic rings. The van der Waals surface area contributed by atoms with Crippen molar-refractivity contribution in [1.82, 2.24) is 0 Å². The fraction of sp³-hybridized carbons (Fsp3) is 0.273. The van der Waals surface area contributed by atoms with Gasteiger partial charge in [-0.25, -0.2) is 4.39 Å². The minimum atomic E-state index is -4.84. The van der Waals surface area contributed by atoms with Gasteiger partial charge in [-0.1, -0.05) is 0 Å². The highest BCUT2D eigenvalue weighted by atomic mass is 32.2. The highest BCUT2D eigenvalue weighted by molar-refractivity contribution is 8.00. The van der Waals surface area contributed by atoms with Gasteiger partial charge in [0.05, 0.1) is 17.1 Å². The number of hydrogen-bond acceptors (Lipinski definition) is 3. The molecular formula is C11H10F4N2O2S. The zero-order chi connectivity index (χ0) is 15.3. The van der Waals surface area contributed by atoms with Gasteiger partial charge in [-0.2, -0.15) is 13.2 Å². The lowest BCUT2D eigenvalue weighted by Gasteiger charge is -2.10. The number of anilines is 1. The number of thioether (sulfide) groups is 1. The summed E-state index contributed by atoms with van der Waals surface area (Å²) in [6.45, 7) is 0. The van der Waals surface area contributed by atoms with E-state index in [1.54, 1.807) is 0 Å². The number of nitrogens with one attached hydrogen (secondary N) is 1. The Balaban J connectivity index is 2.69. The van der Waals surface area contributed by atoms with Crippen LogP contribution in [-0.2, 0) is 15.8 Å². The standard InChI is InChI=1S/C11H10F4N2O2S/c12-8-2-1-6(3-7(8)11(13,14)15)17-10(19)5-20-4-9(16)18/h1-3H,4-5H2,(H2,16,18)(H,17,19). The number of nitrogens with two attached hydrogens (primary N) is 1. The van der Waals surface area contributed by atoms with Crippen molar-refractivity contribution in [1.29, 1.82) is 0 Å². The fourth-order valence-electron chi connectivity index (χ4n) is 1.26. The van der Waals surface area contributed by atoms with Gasteiger partial charge in [-0.3, -0.25) is 9.59 Å². The Kier molecular flexibility index (Phi) is 5.37. The molecule has 0 aliphatic heterocycles. The van der Waals surface area contributed by atoms with Gasteiger partial charge in [0.2, 0.25) is 11.8 Å². The van der Waals surface area contributed by atoms with E-state index in [0.717, 1.165) is 17.8 Å². The van der Waals surface area contributed by atoms with Crippen molar-refractivity contribution in [2.45, 2.75) is 6.18 Å². The average Bonchev–Trinajstić information content (AvgIpc) is 2.29. The minimum Gasteiger partial charge on any atom is -0.369 e. The third-order valence-electron chi connectivity index (χ3n) is 2.03. The van der Waals surface area contributed by atoms with E-state index < -0.39 is 29.4 Å². The first kappa shape index (κ1) is 16.3. The lowest BCUT2D eigenvalue weighted by molar-refractivity contribution is -0.140. The van der Waals surface area contributed by atoms with Crippen LogP contribution >= 0.6 is 11.8 Å². The van der Waals surface area contributed by atoms with Crippen LogP contribution in [0.2, 0.25) is 0 Å². The first-order chi connectivity index (χ1) is 9.20. The maximum Gasteiger partial charge on any atom is 0.419 e. The summed E-state index contributed by atoms with van der Waals surface area (Å²) in [5.74, 6) is -2.87. The zero-order valence-electron chi connectivity index (χ0n) is 9.96. The molecule has 3 N–H and O–H groups in total. The second kappa shape index (κ2) is 6.60. The number of amides is 2. The molecule has 1 rings (SSSR count). The van der Waals surface area contributed by atoms with Crippen LogP contribution in [0, 0.1) is 5.82 Å². The molecule has 0 aliphatic carbocycles. The number of alkyl halides is 3. The zero-order valence-corrected chi connectivity index (χ0v) is 10.8. The normalized spacial score (nSPS) is 11.2. The van der Waals surface area contributed by atoms with Crippen molar-refractivity contribution in [2.75, 3.05) is 16.8 Å². The maximum atomic E-state index is 13.0. The Hall–Kier alpha value is -1.77. The molecule has 0 saturated carbocycles. The van der Waals surface area contributed by atoms with Crippen molar-refractivity contribution in [3.05, 3.63) is 29.6 Å². The van der Waals surface area contributed by atoms with Crippen LogP contribution in [0.4, 0.5) is 23.2 Å². The molecular weight excluding hydrogens is 300 g/mol. The van der Waals surface area contributed by atoms with E-state index >= 15 is 0 Å². The van der Waals surface area contributed by atoms with Crippen molar-refractivity contribution in [3.63, 3.8) is 0 Å². The molecule has 9 heteroatoms. The molecule has 0 heterocycles. The lowest BCUT2D eigenvalue weighted by Crippen LogP contribution is -2.19. The first-order valence-corrected chi connectivity index (χ1v) is 6.38. The predicted octanol–water partition coefficient (Wildman–Crippen LogP) is 2.00. The molecule has 0 fully saturated rings. The molecule has 0 atom stereocenters. The van der Waals surface area contributed by atoms with Crippen LogP contribution in [-0.4, -0.2) is 23.3 Å². The van der Waals surface area contributed by atoms with Gasteiger partial charge < -0.3 is 11.1 Å². The number of carbonyl (C=O) groups is 2. The summed E-state index contributed by atoms with van der Waals surface area (Å²) in [6, 6.07) is 2.14. The number of benzene rings is 1. The van der Waals surface area contributed by atoms with Gasteiger partial charge in [0.25, 0.3) is 0 Å². The lowest BCUT2D eigenvalue weighted by atomic mass is 10.2. The van der Waals surface area contributed by atoms with E-state index in [1.165, 1.54) is 0 Å². The molecule has 0 radical (unpaired) electrons. The Labute approximate surface area is 115 Å². The van der Waals surface area contributed by atoms with Crippen molar-refractivity contribution in [2.24, 2.45) is 5.73 Å². The van der Waals surface area contributed by atoms with Crippen molar-refractivity contribution in [3.8, 4) is 0 Å². The topological polar surface area (TPSA) is 72.2 Å². The van der Waals surface area contributed by atoms with Gasteiger partial charge in [0.1, 0.15) is 5.82 Å². The molecule has 1 aromatic carbocycles. The van der Waals surface area contributed by atoms with Gasteiger partial charge in [0, 0.05) is 5.69 Å². The molecule has 2 amide bonds. The SMILES string of the molecule is NC(=O)CSCC(=O)Nc1ccc(F)c(C(F)(F)F)c1. The van der Waals surface area contributed by atoms with Crippen LogP contribution < -0.4 is 11.1 Å². The van der Waals surface area contributed by atoms with Crippen molar-refractivity contribution >= 4 is 29.3 Å². The number of primary amides is 1. The third-order valence-corrected chi connectivity index (χ3v) is 2.99. The molecule has 0 bridgehead atoms. The predicted molar refractivity (Wildman–Crippen MR) is 66.6 cm³/mol. The third kappa shape index (κ3) is 5.08. The van der Waals surface area contributed by atoms with Gasteiger partial charge in [0.15, 0.2) is 0 Å². The number of rotatable bonds is 5. The smallest absolute Gasteiger partial charge is 0.369 e. The summed E-state index contributed by atoms with van der Waals surface area (Å²) in [4.78, 5) is 21.8. The molecule has 0 aliphatic rings. The Bertz CT molecular complexity index is 520. The minimum absolute atomic E-state index is 0.0787. The van der Waals surface area contributed by atoms with E-state index in [4.69, 9.17) is 5.73 Å². The van der Waals surface area contributed by atoms with E-state index in [2.05, 4.69) is 5.32 Å². The second-order valence-electron chi connectivity index (χ2n) is 3.70. The molecule has 20 heavy (non-hydrogen) atoms. The van der Waals surface area contributed by atoms with Crippen LogP contribution in [0.5, 0.6) is 0 Å². The number of halogens is 4. The average molecular weight is 310 g/mol. The molecule has 110 valence electrons. The Morgan fingerprint density at radius 1 is 1.25 bits per heavy atom. The Morgan fingerprint density at radius 3 is 2.45 bits per heavy atom. The summed E-state index contributed by atoms with van der Waals surface area (Å²) in [5.41, 5.74) is 3.22. The van der Waals surface area contributed by atoms with E-state index in [9.17, 15) is 27.2 Å². The van der Waals surface area contributed by atoms with Crippen molar-refractivity contribution < 1.29 is 27.2 Å². The second-order valence-corrected chi connectivity index (χ2v) is 4.69. The largest absolute Gasteiger partial charge is 0.419 e. The van der Waals surface area contributed by atoms with Crippen LogP contribution in [0.25, 0.3) is 0 Å². The molecule has 0 unspecified atom stereocenters. The first-order valence-electron chi connectivity index (χ1n) is 5.23. The number of carbonyl (C=O) groups excluding carboxylic acids is 2. The Morgan fingerprint density at radius 2 is 1.90 bits per heavy atom. The molecule has 0 aromatic heterocycles. The highest BCUT2D eigenvalue weighted by Crippen LogP contribution is 2.32. The van der Waals surface area contributed by atoms with E-state index in [1.807, 2.05) is 0 Å². The quantitative estimate of drug-likeness (QED) is 0.817. The van der Waals surface area contributed by atoms with Crippen LogP contribution in [0.1, 0.15) is 5.56 Å². The summed E-state index contributed by atoms with van der Waals surface area (Å²) in [6.07, 6.45) is -4.84. The van der Waals surface area contributed by atoms with Gasteiger partial charge in [-0.05, 0) is 18.2 Å². The van der Waals surface area contributed by atoms with Gasteiger partial charge in [-0.15, -0.1) is 11.8 Å². The van der Waals surface area contributed by atoms with E-state index in [0.29, 0.717) is 12.1 Å². The van der Waals surface area contributed by atoms with Gasteiger partial charge >= 0.3 is 6.18 Å². The summed E-state index contributed by atoms with van der Waals surface area (Å²) in [7, 11) is 0. The van der Waals surface area contributed by atoms with Crippen LogP contribution in [0.15, 0.2) is 18.2 Å². The maximum absolute atomic E-state index is 13.0. The molecule has 0 saturated heterocycles. The number of hydrogen-bond donors (Lipinski definition) is 2. The summed E-state index contributed by atoms with van der Waals surface area (Å²) in [5, 5.41) is 2.18.